The van der Waals surface area contributed by atoms with Crippen molar-refractivity contribution >= 4 is 17.5 Å². The van der Waals surface area contributed by atoms with Crippen LogP contribution in [0.3, 0.4) is 0 Å². The van der Waals surface area contributed by atoms with Crippen LogP contribution in [-0.2, 0) is 0 Å². The van der Waals surface area contributed by atoms with Crippen molar-refractivity contribution in [3.63, 3.8) is 0 Å². The molecular formula is C15H21ClN2O. The maximum Gasteiger partial charge on any atom is 0.253 e. The third-order valence-corrected chi connectivity index (χ3v) is 4.43. The van der Waals surface area contributed by atoms with E-state index in [2.05, 4.69) is 6.92 Å². The Morgan fingerprint density at radius 3 is 2.89 bits per heavy atom. The number of nitrogens with zero attached hydrogens (tertiary/aromatic N) is 1. The van der Waals surface area contributed by atoms with Gasteiger partial charge in [0.25, 0.3) is 5.91 Å². The van der Waals surface area contributed by atoms with Crippen LogP contribution in [-0.4, -0.2) is 29.9 Å². The van der Waals surface area contributed by atoms with Gasteiger partial charge in [0, 0.05) is 29.7 Å². The summed E-state index contributed by atoms with van der Waals surface area (Å²) in [6, 6.07) is 5.67. The van der Waals surface area contributed by atoms with Crippen LogP contribution in [0.25, 0.3) is 0 Å². The van der Waals surface area contributed by atoms with E-state index in [-0.39, 0.29) is 11.9 Å². The summed E-state index contributed by atoms with van der Waals surface area (Å²) in [6.45, 7) is 5.56. The van der Waals surface area contributed by atoms with Gasteiger partial charge in [-0.1, -0.05) is 24.9 Å². The molecular weight excluding hydrogens is 260 g/mol. The van der Waals surface area contributed by atoms with Crippen molar-refractivity contribution in [3.8, 4) is 0 Å². The van der Waals surface area contributed by atoms with Gasteiger partial charge >= 0.3 is 0 Å². The fourth-order valence-electron chi connectivity index (χ4n) is 2.63. The number of carbonyl (C=O) groups excluding carboxylic acids is 1. The topological polar surface area (TPSA) is 46.3 Å². The lowest BCUT2D eigenvalue weighted by Crippen LogP contribution is -2.49. The lowest BCUT2D eigenvalue weighted by atomic mass is 9.90. The summed E-state index contributed by atoms with van der Waals surface area (Å²) in [6.07, 6.45) is 1.90. The largest absolute Gasteiger partial charge is 0.338 e. The van der Waals surface area contributed by atoms with E-state index in [1.807, 2.05) is 17.9 Å². The average molecular weight is 281 g/mol. The summed E-state index contributed by atoms with van der Waals surface area (Å²) in [5.74, 6) is 0.496. The number of piperidine rings is 1. The average Bonchev–Trinajstić information content (AvgIpc) is 2.41. The van der Waals surface area contributed by atoms with Crippen LogP contribution in [0.1, 0.15) is 35.7 Å². The molecule has 0 saturated carbocycles. The Kier molecular flexibility index (Phi) is 4.48. The van der Waals surface area contributed by atoms with Crippen LogP contribution in [0.15, 0.2) is 18.2 Å². The standard InChI is InChI=1S/C15H21ClN2O/c1-3-11-9-18(7-6-14(11)17)15(19)12-4-5-13(16)10(2)8-12/h4-5,8,11,14H,3,6-7,9,17H2,1-2H3. The third-order valence-electron chi connectivity index (χ3n) is 4.01. The SMILES string of the molecule is CCC1CN(C(=O)c2ccc(Cl)c(C)c2)CCC1N. The van der Waals surface area contributed by atoms with Crippen LogP contribution in [0.5, 0.6) is 0 Å². The van der Waals surface area contributed by atoms with Gasteiger partial charge in [-0.3, -0.25) is 4.79 Å². The Balaban J connectivity index is 2.13. The molecule has 1 fully saturated rings. The number of hydrogen-bond donors (Lipinski definition) is 1. The molecule has 2 N–H and O–H groups in total. The van der Waals surface area contributed by atoms with E-state index < -0.39 is 0 Å². The van der Waals surface area contributed by atoms with Gasteiger partial charge in [0.1, 0.15) is 0 Å². The minimum absolute atomic E-state index is 0.0881. The fourth-order valence-corrected chi connectivity index (χ4v) is 2.74. The molecule has 1 heterocycles. The first-order chi connectivity index (χ1) is 9.02. The van der Waals surface area contributed by atoms with E-state index in [0.29, 0.717) is 16.5 Å². The quantitative estimate of drug-likeness (QED) is 0.905. The summed E-state index contributed by atoms with van der Waals surface area (Å²) in [5, 5.41) is 0.698. The van der Waals surface area contributed by atoms with Crippen LogP contribution in [0, 0.1) is 12.8 Å². The number of nitrogens with two attached hydrogens (primary N) is 1. The summed E-state index contributed by atoms with van der Waals surface area (Å²) in [7, 11) is 0. The maximum atomic E-state index is 12.5. The van der Waals surface area contributed by atoms with Gasteiger partial charge in [-0.05, 0) is 43.0 Å². The zero-order valence-corrected chi connectivity index (χ0v) is 12.3. The minimum atomic E-state index is 0.0881. The molecule has 104 valence electrons. The van der Waals surface area contributed by atoms with Crippen molar-refractivity contribution in [2.24, 2.45) is 11.7 Å². The monoisotopic (exact) mass is 280 g/mol. The van der Waals surface area contributed by atoms with E-state index >= 15 is 0 Å². The number of carbonyl (C=O) groups is 1. The van der Waals surface area contributed by atoms with Crippen LogP contribution < -0.4 is 5.73 Å². The number of benzene rings is 1. The predicted molar refractivity (Wildman–Crippen MR) is 78.5 cm³/mol. The predicted octanol–water partition coefficient (Wildman–Crippen LogP) is 2.85. The van der Waals surface area contributed by atoms with Crippen molar-refractivity contribution in [2.45, 2.75) is 32.7 Å². The van der Waals surface area contributed by atoms with E-state index in [9.17, 15) is 4.79 Å². The number of halogens is 1. The molecule has 19 heavy (non-hydrogen) atoms. The van der Waals surface area contributed by atoms with Crippen molar-refractivity contribution in [2.75, 3.05) is 13.1 Å². The second-order valence-electron chi connectivity index (χ2n) is 5.34. The maximum absolute atomic E-state index is 12.5. The van der Waals surface area contributed by atoms with Crippen LogP contribution in [0.4, 0.5) is 0 Å². The summed E-state index contributed by atoms with van der Waals surface area (Å²) in [5.41, 5.74) is 7.73. The molecule has 3 nitrogen and oxygen atoms in total. The lowest BCUT2D eigenvalue weighted by molar-refractivity contribution is 0.0649. The Morgan fingerprint density at radius 2 is 2.26 bits per heavy atom. The molecule has 2 unspecified atom stereocenters. The summed E-state index contributed by atoms with van der Waals surface area (Å²) >= 11 is 5.99. The van der Waals surface area contributed by atoms with Crippen molar-refractivity contribution in [1.82, 2.24) is 4.90 Å². The smallest absolute Gasteiger partial charge is 0.253 e. The van der Waals surface area contributed by atoms with Gasteiger partial charge in [0.2, 0.25) is 0 Å². The molecule has 1 amide bonds. The molecule has 0 bridgehead atoms. The number of amides is 1. The molecule has 1 aliphatic rings. The Hall–Kier alpha value is -1.06. The highest BCUT2D eigenvalue weighted by molar-refractivity contribution is 6.31. The van der Waals surface area contributed by atoms with Gasteiger partial charge in [-0.15, -0.1) is 0 Å². The first-order valence-corrected chi connectivity index (χ1v) is 7.21. The van der Waals surface area contributed by atoms with E-state index in [1.54, 1.807) is 12.1 Å². The number of aryl methyl sites for hydroxylation is 1. The Bertz CT molecular complexity index is 475. The molecule has 1 aliphatic heterocycles. The Morgan fingerprint density at radius 1 is 1.53 bits per heavy atom. The molecule has 0 radical (unpaired) electrons. The highest BCUT2D eigenvalue weighted by Gasteiger charge is 2.28. The summed E-state index contributed by atoms with van der Waals surface area (Å²) in [4.78, 5) is 14.4. The van der Waals surface area contributed by atoms with Crippen LogP contribution in [0.2, 0.25) is 5.02 Å². The van der Waals surface area contributed by atoms with Crippen molar-refractivity contribution < 1.29 is 4.79 Å². The molecule has 2 atom stereocenters. The molecule has 0 spiro atoms. The van der Waals surface area contributed by atoms with Gasteiger partial charge in [-0.2, -0.15) is 0 Å². The first kappa shape index (κ1) is 14.4. The van der Waals surface area contributed by atoms with E-state index in [1.165, 1.54) is 0 Å². The second kappa shape index (κ2) is 5.93. The molecule has 1 aromatic carbocycles. The van der Waals surface area contributed by atoms with Crippen LogP contribution >= 0.6 is 11.6 Å². The normalized spacial score (nSPS) is 23.5. The van der Waals surface area contributed by atoms with Gasteiger partial charge < -0.3 is 10.6 Å². The first-order valence-electron chi connectivity index (χ1n) is 6.84. The van der Waals surface area contributed by atoms with E-state index in [0.717, 1.165) is 31.5 Å². The Labute approximate surface area is 119 Å². The van der Waals surface area contributed by atoms with Gasteiger partial charge in [0.15, 0.2) is 0 Å². The molecule has 0 aliphatic carbocycles. The number of hydrogen-bond acceptors (Lipinski definition) is 2. The molecule has 2 rings (SSSR count). The minimum Gasteiger partial charge on any atom is -0.338 e. The number of likely N-dealkylation sites (tertiary alicyclic amines) is 1. The highest BCUT2D eigenvalue weighted by Crippen LogP contribution is 2.22. The second-order valence-corrected chi connectivity index (χ2v) is 5.74. The fraction of sp³-hybridized carbons (Fsp3) is 0.533. The molecule has 4 heteroatoms. The molecule has 0 aromatic heterocycles. The molecule has 1 aromatic rings. The van der Waals surface area contributed by atoms with Gasteiger partial charge in [-0.25, -0.2) is 0 Å². The highest BCUT2D eigenvalue weighted by atomic mass is 35.5. The summed E-state index contributed by atoms with van der Waals surface area (Å²) < 4.78 is 0. The zero-order chi connectivity index (χ0) is 14.0. The third kappa shape index (κ3) is 3.10. The van der Waals surface area contributed by atoms with Gasteiger partial charge in [0.05, 0.1) is 0 Å². The van der Waals surface area contributed by atoms with Crippen molar-refractivity contribution in [3.05, 3.63) is 34.3 Å². The van der Waals surface area contributed by atoms with Crippen molar-refractivity contribution in [1.29, 1.82) is 0 Å². The van der Waals surface area contributed by atoms with E-state index in [4.69, 9.17) is 17.3 Å². The zero-order valence-electron chi connectivity index (χ0n) is 11.5. The lowest BCUT2D eigenvalue weighted by Gasteiger charge is -2.36. The number of rotatable bonds is 2. The molecule has 1 saturated heterocycles.